The van der Waals surface area contributed by atoms with Crippen molar-refractivity contribution in [1.29, 1.82) is 0 Å². The summed E-state index contributed by atoms with van der Waals surface area (Å²) in [4.78, 5) is 33.1. The van der Waals surface area contributed by atoms with Gasteiger partial charge in [0.1, 0.15) is 0 Å². The number of nitrogens with zero attached hydrogens (tertiary/aromatic N) is 2. The number of hydrogen-bond acceptors (Lipinski definition) is 4. The number of amides is 1. The van der Waals surface area contributed by atoms with Crippen LogP contribution in [0.1, 0.15) is 28.9 Å². The Kier molecular flexibility index (Phi) is 5.05. The number of hydrogen-bond donors (Lipinski definition) is 1. The molecule has 0 spiro atoms. The van der Waals surface area contributed by atoms with Crippen molar-refractivity contribution in [3.8, 4) is 0 Å². The van der Waals surface area contributed by atoms with Gasteiger partial charge in [-0.1, -0.05) is 6.07 Å². The molecule has 26 heavy (non-hydrogen) atoms. The first-order valence-electron chi connectivity index (χ1n) is 9.37. The smallest absolute Gasteiger partial charge is 0.255 e. The predicted octanol–water partition coefficient (Wildman–Crippen LogP) is 2.49. The van der Waals surface area contributed by atoms with Gasteiger partial charge in [-0.05, 0) is 31.9 Å². The zero-order chi connectivity index (χ0) is 18.1. The number of nitrogens with one attached hydrogen (secondary N) is 1. The molecule has 3 heterocycles. The van der Waals surface area contributed by atoms with E-state index in [-0.39, 0.29) is 11.3 Å². The molecule has 2 aliphatic rings. The van der Waals surface area contributed by atoms with E-state index in [4.69, 9.17) is 0 Å². The van der Waals surface area contributed by atoms with E-state index in [0.717, 1.165) is 31.6 Å². The van der Waals surface area contributed by atoms with Crippen molar-refractivity contribution in [3.63, 3.8) is 0 Å². The Morgan fingerprint density at radius 3 is 2.62 bits per heavy atom. The van der Waals surface area contributed by atoms with Crippen molar-refractivity contribution in [2.45, 2.75) is 25.8 Å². The molecular formula is C20H25N3O2S. The number of carbonyl (C=O) groups is 1. The van der Waals surface area contributed by atoms with E-state index in [1.165, 1.54) is 24.6 Å². The first-order valence-corrected chi connectivity index (χ1v) is 10.5. The fraction of sp³-hybridized carbons (Fsp3) is 0.500. The lowest BCUT2D eigenvalue weighted by Gasteiger charge is -2.40. The van der Waals surface area contributed by atoms with E-state index < -0.39 is 0 Å². The molecule has 2 aliphatic heterocycles. The topological polar surface area (TPSA) is 56.4 Å². The van der Waals surface area contributed by atoms with Crippen LogP contribution in [0.15, 0.2) is 29.1 Å². The molecule has 0 radical (unpaired) electrons. The van der Waals surface area contributed by atoms with Gasteiger partial charge in [0.2, 0.25) is 0 Å². The molecule has 2 saturated heterocycles. The molecule has 0 bridgehead atoms. The van der Waals surface area contributed by atoms with Gasteiger partial charge >= 0.3 is 0 Å². The number of para-hydroxylation sites is 1. The minimum absolute atomic E-state index is 0.0319. The van der Waals surface area contributed by atoms with Crippen molar-refractivity contribution >= 4 is 28.6 Å². The number of rotatable bonds is 2. The number of H-pyrrole nitrogens is 1. The maximum absolute atomic E-state index is 13.1. The summed E-state index contributed by atoms with van der Waals surface area (Å²) in [6.07, 6.45) is 2.08. The van der Waals surface area contributed by atoms with Crippen LogP contribution in [0.4, 0.5) is 0 Å². The molecule has 0 atom stereocenters. The fourth-order valence-electron chi connectivity index (χ4n) is 4.13. The summed E-state index contributed by atoms with van der Waals surface area (Å²) in [5.41, 5.74) is 2.02. The van der Waals surface area contributed by atoms with Gasteiger partial charge in [0.05, 0.1) is 11.1 Å². The number of aromatic amines is 1. The molecule has 0 saturated carbocycles. The third-order valence-corrected chi connectivity index (χ3v) is 6.49. The van der Waals surface area contributed by atoms with Crippen LogP contribution in [-0.2, 0) is 0 Å². The first kappa shape index (κ1) is 17.6. The van der Waals surface area contributed by atoms with E-state index in [2.05, 4.69) is 9.88 Å². The molecule has 4 rings (SSSR count). The standard InChI is InChI=1S/C20H25N3O2S/c1-14-13-18(24)16-3-2-4-17(19(16)21-14)20(25)23-7-5-15(6-8-23)22-9-11-26-12-10-22/h2-4,13,15H,5-12H2,1H3,(H,21,24). The van der Waals surface area contributed by atoms with Crippen LogP contribution in [0, 0.1) is 6.92 Å². The molecule has 1 N–H and O–H groups in total. The molecule has 6 heteroatoms. The van der Waals surface area contributed by atoms with Gasteiger partial charge in [-0.15, -0.1) is 0 Å². The van der Waals surface area contributed by atoms with Crippen LogP contribution >= 0.6 is 11.8 Å². The van der Waals surface area contributed by atoms with Gasteiger partial charge in [-0.2, -0.15) is 11.8 Å². The zero-order valence-electron chi connectivity index (χ0n) is 15.2. The third-order valence-electron chi connectivity index (χ3n) is 5.54. The largest absolute Gasteiger partial charge is 0.358 e. The highest BCUT2D eigenvalue weighted by molar-refractivity contribution is 7.99. The molecule has 1 aromatic heterocycles. The lowest BCUT2D eigenvalue weighted by atomic mass is 10.0. The van der Waals surface area contributed by atoms with Gasteiger partial charge < -0.3 is 9.88 Å². The van der Waals surface area contributed by atoms with Crippen LogP contribution in [0.2, 0.25) is 0 Å². The summed E-state index contributed by atoms with van der Waals surface area (Å²) in [5, 5.41) is 0.585. The van der Waals surface area contributed by atoms with E-state index >= 15 is 0 Å². The van der Waals surface area contributed by atoms with Crippen LogP contribution in [0.25, 0.3) is 10.9 Å². The van der Waals surface area contributed by atoms with Gasteiger partial charge in [-0.25, -0.2) is 0 Å². The molecule has 1 aromatic carbocycles. The maximum Gasteiger partial charge on any atom is 0.255 e. The van der Waals surface area contributed by atoms with Crippen molar-refractivity contribution in [3.05, 3.63) is 45.7 Å². The Hall–Kier alpha value is -1.79. The second-order valence-corrected chi connectivity index (χ2v) is 8.44. The molecule has 2 fully saturated rings. The molecular weight excluding hydrogens is 346 g/mol. The van der Waals surface area contributed by atoms with Crippen LogP contribution in [0.3, 0.4) is 0 Å². The normalized spacial score (nSPS) is 19.8. The average molecular weight is 372 g/mol. The summed E-state index contributed by atoms with van der Waals surface area (Å²) in [5.74, 6) is 2.48. The summed E-state index contributed by atoms with van der Waals surface area (Å²) in [6, 6.07) is 7.60. The molecule has 0 unspecified atom stereocenters. The number of thioether (sulfide) groups is 1. The van der Waals surface area contributed by atoms with Crippen molar-refractivity contribution in [2.75, 3.05) is 37.7 Å². The van der Waals surface area contributed by atoms with Gasteiger partial charge in [0.25, 0.3) is 5.91 Å². The predicted molar refractivity (Wildman–Crippen MR) is 107 cm³/mol. The number of pyridine rings is 1. The van der Waals surface area contributed by atoms with Gasteiger partial charge in [0, 0.05) is 60.9 Å². The van der Waals surface area contributed by atoms with Crippen molar-refractivity contribution in [1.82, 2.24) is 14.8 Å². The second-order valence-electron chi connectivity index (χ2n) is 7.22. The highest BCUT2D eigenvalue weighted by atomic mass is 32.2. The second kappa shape index (κ2) is 7.45. The number of aryl methyl sites for hydroxylation is 1. The Labute approximate surface area is 157 Å². The zero-order valence-corrected chi connectivity index (χ0v) is 16.0. The third kappa shape index (κ3) is 3.40. The quantitative estimate of drug-likeness (QED) is 0.881. The summed E-state index contributed by atoms with van der Waals surface area (Å²) < 4.78 is 0. The number of benzene rings is 1. The van der Waals surface area contributed by atoms with Gasteiger partial charge in [0.15, 0.2) is 5.43 Å². The number of carbonyl (C=O) groups excluding carboxylic acids is 1. The highest BCUT2D eigenvalue weighted by Gasteiger charge is 2.28. The van der Waals surface area contributed by atoms with E-state index in [9.17, 15) is 9.59 Å². The molecule has 0 aliphatic carbocycles. The Balaban J connectivity index is 1.52. The Morgan fingerprint density at radius 1 is 1.15 bits per heavy atom. The monoisotopic (exact) mass is 371 g/mol. The van der Waals surface area contributed by atoms with Crippen LogP contribution in [-0.4, -0.2) is 64.4 Å². The minimum Gasteiger partial charge on any atom is -0.358 e. The number of likely N-dealkylation sites (tertiary alicyclic amines) is 1. The van der Waals surface area contributed by atoms with E-state index in [0.29, 0.717) is 22.5 Å². The minimum atomic E-state index is -0.0347. The van der Waals surface area contributed by atoms with E-state index in [1.807, 2.05) is 29.7 Å². The molecule has 138 valence electrons. The Bertz CT molecular complexity index is 865. The van der Waals surface area contributed by atoms with Crippen LogP contribution in [0.5, 0.6) is 0 Å². The summed E-state index contributed by atoms with van der Waals surface area (Å²) >= 11 is 2.03. The number of fused-ring (bicyclic) bond motifs is 1. The average Bonchev–Trinajstić information content (AvgIpc) is 2.68. The molecule has 1 amide bonds. The molecule has 5 nitrogen and oxygen atoms in total. The van der Waals surface area contributed by atoms with E-state index in [1.54, 1.807) is 18.2 Å². The maximum atomic E-state index is 13.1. The summed E-state index contributed by atoms with van der Waals surface area (Å²) in [7, 11) is 0. The van der Waals surface area contributed by atoms with Crippen molar-refractivity contribution < 1.29 is 4.79 Å². The van der Waals surface area contributed by atoms with Crippen LogP contribution < -0.4 is 5.43 Å². The van der Waals surface area contributed by atoms with Crippen molar-refractivity contribution in [2.24, 2.45) is 0 Å². The highest BCUT2D eigenvalue weighted by Crippen LogP contribution is 2.23. The Morgan fingerprint density at radius 2 is 1.88 bits per heavy atom. The SMILES string of the molecule is Cc1cc(=O)c2cccc(C(=O)N3CCC(N4CCSCC4)CC3)c2[nH]1. The summed E-state index contributed by atoms with van der Waals surface area (Å²) in [6.45, 7) is 5.78. The lowest BCUT2D eigenvalue weighted by molar-refractivity contribution is 0.0632. The lowest BCUT2D eigenvalue weighted by Crippen LogP contribution is -2.49. The molecule has 2 aromatic rings. The first-order chi connectivity index (χ1) is 12.6. The van der Waals surface area contributed by atoms with Gasteiger partial charge in [-0.3, -0.25) is 14.5 Å². The fourth-order valence-corrected chi connectivity index (χ4v) is 5.06. The number of aromatic nitrogens is 1. The number of piperidine rings is 1.